The summed E-state index contributed by atoms with van der Waals surface area (Å²) in [4.78, 5) is 4.53. The first-order valence-electron chi connectivity index (χ1n) is 6.22. The first kappa shape index (κ1) is 16.8. The maximum atomic E-state index is 5.90. The monoisotopic (exact) mass is 437 g/mol. The number of rotatable bonds is 2. The summed E-state index contributed by atoms with van der Waals surface area (Å²) in [6.07, 6.45) is 1.09. The highest BCUT2D eigenvalue weighted by Gasteiger charge is 2.38. The Kier molecular flexibility index (Phi) is 5.67. The summed E-state index contributed by atoms with van der Waals surface area (Å²) >= 11 is 3.45. The van der Waals surface area contributed by atoms with Crippen molar-refractivity contribution in [2.75, 3.05) is 0 Å². The summed E-state index contributed by atoms with van der Waals surface area (Å²) < 4.78 is 1.11. The van der Waals surface area contributed by atoms with E-state index in [1.165, 1.54) is 5.56 Å². The fraction of sp³-hybridized carbons (Fsp3) is 0.500. The molecule has 0 heterocycles. The molecule has 0 radical (unpaired) electrons. The number of aliphatic imine (C=N–C) groups is 1. The molecule has 19 heavy (non-hydrogen) atoms. The molecule has 1 fully saturated rings. The van der Waals surface area contributed by atoms with E-state index in [9.17, 15) is 0 Å². The maximum absolute atomic E-state index is 5.90. The second-order valence-corrected chi connectivity index (χ2v) is 6.77. The number of nitrogens with two attached hydrogens (primary N) is 1. The van der Waals surface area contributed by atoms with Crippen molar-refractivity contribution < 1.29 is 0 Å². The second-order valence-electron chi connectivity index (χ2n) is 5.85. The predicted octanol–water partition coefficient (Wildman–Crippen LogP) is 3.63. The quantitative estimate of drug-likeness (QED) is 0.421. The molecule has 106 valence electrons. The first-order valence-corrected chi connectivity index (χ1v) is 7.01. The Bertz CT molecular complexity index is 451. The van der Waals surface area contributed by atoms with Gasteiger partial charge >= 0.3 is 0 Å². The van der Waals surface area contributed by atoms with Crippen LogP contribution in [0.5, 0.6) is 0 Å². The molecule has 0 aliphatic heterocycles. The van der Waals surface area contributed by atoms with Crippen LogP contribution in [0.25, 0.3) is 0 Å². The number of benzene rings is 1. The summed E-state index contributed by atoms with van der Waals surface area (Å²) in [7, 11) is 0. The molecular weight excluding hydrogens is 417 g/mol. The van der Waals surface area contributed by atoms with Crippen molar-refractivity contribution in [2.45, 2.75) is 44.7 Å². The number of guanidine groups is 1. The molecule has 1 aromatic rings. The van der Waals surface area contributed by atoms with E-state index in [-0.39, 0.29) is 29.5 Å². The smallest absolute Gasteiger partial charge is 0.189 e. The number of halogens is 2. The van der Waals surface area contributed by atoms with Gasteiger partial charge in [0.2, 0.25) is 0 Å². The number of hydrogen-bond acceptors (Lipinski definition) is 1. The van der Waals surface area contributed by atoms with Crippen molar-refractivity contribution in [3.63, 3.8) is 0 Å². The van der Waals surface area contributed by atoms with Crippen LogP contribution in [-0.2, 0) is 0 Å². The topological polar surface area (TPSA) is 50.4 Å². The molecule has 3 nitrogen and oxygen atoms in total. The molecular formula is C14H21BrIN3. The summed E-state index contributed by atoms with van der Waals surface area (Å²) in [6.45, 7) is 6.23. The van der Waals surface area contributed by atoms with E-state index in [1.54, 1.807) is 0 Å². The summed E-state index contributed by atoms with van der Waals surface area (Å²) in [5, 5.41) is 3.19. The molecule has 0 saturated heterocycles. The Labute approximate surface area is 140 Å². The number of nitrogens with zero attached hydrogens (tertiary/aromatic N) is 1. The molecule has 2 atom stereocenters. The van der Waals surface area contributed by atoms with Gasteiger partial charge in [-0.2, -0.15) is 0 Å². The molecule has 5 heteroatoms. The van der Waals surface area contributed by atoms with Crippen LogP contribution >= 0.6 is 39.9 Å². The van der Waals surface area contributed by atoms with E-state index in [2.05, 4.69) is 71.3 Å². The SMILES string of the molecule is CC(C)(C)NC(N)=N[C@@H]1C[C@H]1c1ccc(Br)cc1.I. The predicted molar refractivity (Wildman–Crippen MR) is 95.2 cm³/mol. The van der Waals surface area contributed by atoms with Crippen LogP contribution in [0.2, 0.25) is 0 Å². The average molecular weight is 438 g/mol. The lowest BCUT2D eigenvalue weighted by Gasteiger charge is -2.21. The van der Waals surface area contributed by atoms with Crippen molar-refractivity contribution in [3.8, 4) is 0 Å². The number of hydrogen-bond donors (Lipinski definition) is 2. The third kappa shape index (κ3) is 5.30. The highest BCUT2D eigenvalue weighted by molar-refractivity contribution is 14.0. The molecule has 0 unspecified atom stereocenters. The van der Waals surface area contributed by atoms with E-state index in [0.29, 0.717) is 17.9 Å². The lowest BCUT2D eigenvalue weighted by Crippen LogP contribution is -2.45. The fourth-order valence-electron chi connectivity index (χ4n) is 1.99. The van der Waals surface area contributed by atoms with Crippen LogP contribution in [0.3, 0.4) is 0 Å². The van der Waals surface area contributed by atoms with E-state index < -0.39 is 0 Å². The van der Waals surface area contributed by atoms with E-state index in [1.807, 2.05) is 0 Å². The van der Waals surface area contributed by atoms with Crippen molar-refractivity contribution in [2.24, 2.45) is 10.7 Å². The van der Waals surface area contributed by atoms with Crippen LogP contribution in [0, 0.1) is 0 Å². The van der Waals surface area contributed by atoms with Gasteiger partial charge < -0.3 is 11.1 Å². The minimum Gasteiger partial charge on any atom is -0.370 e. The molecule has 3 N–H and O–H groups in total. The molecule has 0 aromatic heterocycles. The lowest BCUT2D eigenvalue weighted by atomic mass is 10.1. The Hall–Kier alpha value is -0.300. The van der Waals surface area contributed by atoms with Gasteiger partial charge in [0, 0.05) is 15.9 Å². The minimum absolute atomic E-state index is 0. The summed E-state index contributed by atoms with van der Waals surface area (Å²) in [5.41, 5.74) is 7.21. The van der Waals surface area contributed by atoms with Crippen LogP contribution in [0.15, 0.2) is 33.7 Å². The van der Waals surface area contributed by atoms with Gasteiger partial charge in [0.15, 0.2) is 5.96 Å². The van der Waals surface area contributed by atoms with Crippen LogP contribution in [0.4, 0.5) is 0 Å². The second kappa shape index (κ2) is 6.43. The van der Waals surface area contributed by atoms with Crippen molar-refractivity contribution >= 4 is 45.9 Å². The first-order chi connectivity index (χ1) is 8.35. The van der Waals surface area contributed by atoms with Crippen LogP contribution < -0.4 is 11.1 Å². The molecule has 2 rings (SSSR count). The Balaban J connectivity index is 0.00000180. The van der Waals surface area contributed by atoms with Crippen LogP contribution in [-0.4, -0.2) is 17.5 Å². The van der Waals surface area contributed by atoms with E-state index >= 15 is 0 Å². The highest BCUT2D eigenvalue weighted by atomic mass is 127. The van der Waals surface area contributed by atoms with Gasteiger partial charge in [-0.15, -0.1) is 24.0 Å². The van der Waals surface area contributed by atoms with Gasteiger partial charge in [-0.1, -0.05) is 28.1 Å². The van der Waals surface area contributed by atoms with E-state index in [4.69, 9.17) is 5.73 Å². The fourth-order valence-corrected chi connectivity index (χ4v) is 2.25. The van der Waals surface area contributed by atoms with E-state index in [0.717, 1.165) is 10.9 Å². The third-order valence-corrected chi connectivity index (χ3v) is 3.39. The molecule has 0 bridgehead atoms. The van der Waals surface area contributed by atoms with Gasteiger partial charge in [-0.25, -0.2) is 4.99 Å². The van der Waals surface area contributed by atoms with Crippen molar-refractivity contribution in [1.82, 2.24) is 5.32 Å². The summed E-state index contributed by atoms with van der Waals surface area (Å²) in [5.74, 6) is 1.07. The zero-order valence-electron chi connectivity index (χ0n) is 11.5. The normalized spacial score (nSPS) is 22.6. The largest absolute Gasteiger partial charge is 0.370 e. The van der Waals surface area contributed by atoms with Gasteiger partial charge in [0.25, 0.3) is 0 Å². The minimum atomic E-state index is -0.0322. The number of nitrogens with one attached hydrogen (secondary N) is 1. The molecule has 1 saturated carbocycles. The lowest BCUT2D eigenvalue weighted by molar-refractivity contribution is 0.508. The van der Waals surface area contributed by atoms with Crippen LogP contribution in [0.1, 0.15) is 38.7 Å². The summed E-state index contributed by atoms with van der Waals surface area (Å²) in [6, 6.07) is 8.78. The maximum Gasteiger partial charge on any atom is 0.189 e. The highest BCUT2D eigenvalue weighted by Crippen LogP contribution is 2.43. The Morgan fingerprint density at radius 3 is 2.42 bits per heavy atom. The molecule has 0 amide bonds. The molecule has 1 aliphatic rings. The zero-order chi connectivity index (χ0) is 13.3. The standard InChI is InChI=1S/C14H20BrN3.HI/c1-14(2,3)18-13(16)17-12-8-11(12)9-4-6-10(15)7-5-9;/h4-7,11-12H,8H2,1-3H3,(H3,16,17,18);1H/t11-,12+;/m0./s1. The van der Waals surface area contributed by atoms with Crippen molar-refractivity contribution in [3.05, 3.63) is 34.3 Å². The molecule has 0 spiro atoms. The third-order valence-electron chi connectivity index (χ3n) is 2.86. The van der Waals surface area contributed by atoms with Gasteiger partial charge in [0.05, 0.1) is 6.04 Å². The van der Waals surface area contributed by atoms with Gasteiger partial charge in [-0.3, -0.25) is 0 Å². The zero-order valence-corrected chi connectivity index (χ0v) is 15.4. The molecule has 1 aliphatic carbocycles. The average Bonchev–Trinajstić information content (AvgIpc) is 2.95. The Morgan fingerprint density at radius 2 is 1.89 bits per heavy atom. The Morgan fingerprint density at radius 1 is 1.32 bits per heavy atom. The van der Waals surface area contributed by atoms with Gasteiger partial charge in [0.1, 0.15) is 0 Å². The van der Waals surface area contributed by atoms with Crippen molar-refractivity contribution in [1.29, 1.82) is 0 Å². The van der Waals surface area contributed by atoms with Gasteiger partial charge in [-0.05, 0) is 44.9 Å². The molecule has 1 aromatic carbocycles.